The van der Waals surface area contributed by atoms with Gasteiger partial charge in [0.05, 0.1) is 0 Å². The third-order valence-electron chi connectivity index (χ3n) is 5.22. The number of carbonyl (C=O) groups excluding carboxylic acids is 1. The van der Waals surface area contributed by atoms with Crippen LogP contribution < -0.4 is 0 Å². The second-order valence-corrected chi connectivity index (χ2v) is 7.63. The normalized spacial score (nSPS) is 10.7. The molecule has 3 aromatic carbocycles. The van der Waals surface area contributed by atoms with E-state index in [4.69, 9.17) is 4.42 Å². The van der Waals surface area contributed by atoms with E-state index < -0.39 is 0 Å². The number of carbonyl (C=O) groups is 1. The maximum Gasteiger partial charge on any atom is 0.254 e. The summed E-state index contributed by atoms with van der Waals surface area (Å²) in [7, 11) is 0. The molecule has 1 aromatic heterocycles. The maximum atomic E-state index is 13.1. The summed E-state index contributed by atoms with van der Waals surface area (Å²) < 4.78 is 5.85. The van der Waals surface area contributed by atoms with Crippen molar-refractivity contribution in [3.05, 3.63) is 108 Å². The average Bonchev–Trinajstić information content (AvgIpc) is 3.33. The molecule has 0 unspecified atom stereocenters. The summed E-state index contributed by atoms with van der Waals surface area (Å²) in [5, 5.41) is 8.33. The zero-order chi connectivity index (χ0) is 22.3. The van der Waals surface area contributed by atoms with E-state index in [0.29, 0.717) is 30.4 Å². The summed E-state index contributed by atoms with van der Waals surface area (Å²) >= 11 is 0. The van der Waals surface area contributed by atoms with Gasteiger partial charge in [-0.25, -0.2) is 0 Å². The second kappa shape index (κ2) is 9.88. The predicted octanol–water partition coefficient (Wildman–Crippen LogP) is 5.58. The van der Waals surface area contributed by atoms with Crippen molar-refractivity contribution in [3.8, 4) is 22.9 Å². The summed E-state index contributed by atoms with van der Waals surface area (Å²) in [5.41, 5.74) is 4.59. The van der Waals surface area contributed by atoms with Crippen LogP contribution in [0.1, 0.15) is 21.5 Å². The number of aryl methyl sites for hydroxylation is 1. The Morgan fingerprint density at radius 2 is 1.66 bits per heavy atom. The maximum absolute atomic E-state index is 13.1. The smallest absolute Gasteiger partial charge is 0.254 e. The van der Waals surface area contributed by atoms with Crippen LogP contribution in [0.25, 0.3) is 22.9 Å². The summed E-state index contributed by atoms with van der Waals surface area (Å²) in [5.74, 6) is 0.868. The SMILES string of the molecule is C=CCN(CCc1ccccc1)C(=O)c1ccc(-c2nnc(-c3cccc(C)c3)o2)cc1. The average molecular weight is 424 g/mol. The van der Waals surface area contributed by atoms with Gasteiger partial charge in [0.1, 0.15) is 0 Å². The van der Waals surface area contributed by atoms with Crippen LogP contribution in [0, 0.1) is 6.92 Å². The van der Waals surface area contributed by atoms with Crippen molar-refractivity contribution in [3.63, 3.8) is 0 Å². The number of benzene rings is 3. The van der Waals surface area contributed by atoms with Gasteiger partial charge in [0.25, 0.3) is 5.91 Å². The monoisotopic (exact) mass is 423 g/mol. The van der Waals surface area contributed by atoms with Crippen LogP contribution in [0.15, 0.2) is 95.9 Å². The van der Waals surface area contributed by atoms with E-state index in [2.05, 4.69) is 28.9 Å². The third-order valence-corrected chi connectivity index (χ3v) is 5.22. The molecule has 160 valence electrons. The lowest BCUT2D eigenvalue weighted by molar-refractivity contribution is 0.0775. The van der Waals surface area contributed by atoms with Crippen LogP contribution in [-0.2, 0) is 6.42 Å². The molecule has 0 bridgehead atoms. The standard InChI is InChI=1S/C27H25N3O2/c1-3-17-30(18-16-21-9-5-4-6-10-21)27(31)23-14-12-22(13-15-23)25-28-29-26(32-25)24-11-7-8-20(2)19-24/h3-15,19H,1,16-18H2,2H3. The fourth-order valence-electron chi connectivity index (χ4n) is 3.51. The van der Waals surface area contributed by atoms with E-state index in [-0.39, 0.29) is 5.91 Å². The van der Waals surface area contributed by atoms with Crippen molar-refractivity contribution in [2.24, 2.45) is 0 Å². The molecule has 1 amide bonds. The van der Waals surface area contributed by atoms with Gasteiger partial charge in [0.2, 0.25) is 11.8 Å². The Hall–Kier alpha value is -3.99. The Morgan fingerprint density at radius 3 is 2.34 bits per heavy atom. The van der Waals surface area contributed by atoms with Gasteiger partial charge in [-0.05, 0) is 55.3 Å². The lowest BCUT2D eigenvalue weighted by Crippen LogP contribution is -2.33. The third kappa shape index (κ3) is 5.01. The summed E-state index contributed by atoms with van der Waals surface area (Å²) in [6.07, 6.45) is 2.55. The molecule has 0 fully saturated rings. The molecule has 0 aliphatic rings. The molecule has 0 N–H and O–H groups in total. The van der Waals surface area contributed by atoms with Crippen LogP contribution in [0.2, 0.25) is 0 Å². The first-order chi connectivity index (χ1) is 15.6. The molecule has 0 aliphatic heterocycles. The fraction of sp³-hybridized carbons (Fsp3) is 0.148. The van der Waals surface area contributed by atoms with Crippen molar-refractivity contribution in [1.29, 1.82) is 0 Å². The zero-order valence-corrected chi connectivity index (χ0v) is 18.1. The number of nitrogens with zero attached hydrogens (tertiary/aromatic N) is 3. The second-order valence-electron chi connectivity index (χ2n) is 7.63. The van der Waals surface area contributed by atoms with Gasteiger partial charge >= 0.3 is 0 Å². The van der Waals surface area contributed by atoms with Gasteiger partial charge in [-0.2, -0.15) is 0 Å². The van der Waals surface area contributed by atoms with E-state index in [9.17, 15) is 4.79 Å². The molecule has 0 saturated carbocycles. The van der Waals surface area contributed by atoms with E-state index in [0.717, 1.165) is 23.1 Å². The number of hydrogen-bond acceptors (Lipinski definition) is 4. The Labute approximate surface area is 188 Å². The number of amides is 1. The van der Waals surface area contributed by atoms with Crippen molar-refractivity contribution < 1.29 is 9.21 Å². The Kier molecular flexibility index (Phi) is 6.56. The van der Waals surface area contributed by atoms with Gasteiger partial charge in [-0.3, -0.25) is 4.79 Å². The first-order valence-electron chi connectivity index (χ1n) is 10.6. The molecule has 1 heterocycles. The summed E-state index contributed by atoms with van der Waals surface area (Å²) in [4.78, 5) is 14.9. The largest absolute Gasteiger partial charge is 0.416 e. The lowest BCUT2D eigenvalue weighted by Gasteiger charge is -2.21. The zero-order valence-electron chi connectivity index (χ0n) is 18.1. The van der Waals surface area contributed by atoms with E-state index in [1.165, 1.54) is 5.56 Å². The van der Waals surface area contributed by atoms with Crippen molar-refractivity contribution in [2.75, 3.05) is 13.1 Å². The molecule has 4 aromatic rings. The quantitative estimate of drug-likeness (QED) is 0.347. The molecule has 32 heavy (non-hydrogen) atoms. The van der Waals surface area contributed by atoms with Crippen molar-refractivity contribution in [2.45, 2.75) is 13.3 Å². The highest BCUT2D eigenvalue weighted by Crippen LogP contribution is 2.25. The Balaban J connectivity index is 1.47. The molecule has 0 atom stereocenters. The Morgan fingerprint density at radius 1 is 0.938 bits per heavy atom. The predicted molar refractivity (Wildman–Crippen MR) is 126 cm³/mol. The Bertz CT molecular complexity index is 1200. The molecule has 0 radical (unpaired) electrons. The fourth-order valence-corrected chi connectivity index (χ4v) is 3.51. The van der Waals surface area contributed by atoms with E-state index in [1.807, 2.05) is 61.5 Å². The first-order valence-corrected chi connectivity index (χ1v) is 10.6. The molecule has 0 saturated heterocycles. The highest BCUT2D eigenvalue weighted by Gasteiger charge is 2.16. The van der Waals surface area contributed by atoms with Gasteiger partial charge < -0.3 is 9.32 Å². The van der Waals surface area contributed by atoms with Gasteiger partial charge in [-0.15, -0.1) is 16.8 Å². The summed E-state index contributed by atoms with van der Waals surface area (Å²) in [6.45, 7) is 6.94. The van der Waals surface area contributed by atoms with E-state index >= 15 is 0 Å². The minimum atomic E-state index is -0.0293. The number of aromatic nitrogens is 2. The van der Waals surface area contributed by atoms with Crippen LogP contribution in [0.3, 0.4) is 0 Å². The van der Waals surface area contributed by atoms with Crippen molar-refractivity contribution in [1.82, 2.24) is 15.1 Å². The minimum Gasteiger partial charge on any atom is -0.416 e. The van der Waals surface area contributed by atoms with Gasteiger partial charge in [0, 0.05) is 29.8 Å². The molecule has 0 aliphatic carbocycles. The summed E-state index contributed by atoms with van der Waals surface area (Å²) in [6, 6.07) is 25.3. The van der Waals surface area contributed by atoms with Crippen molar-refractivity contribution >= 4 is 5.91 Å². The highest BCUT2D eigenvalue weighted by atomic mass is 16.4. The topological polar surface area (TPSA) is 59.2 Å². The van der Waals surface area contributed by atoms with Gasteiger partial charge in [-0.1, -0.05) is 54.1 Å². The first kappa shape index (κ1) is 21.2. The van der Waals surface area contributed by atoms with Crippen LogP contribution in [-0.4, -0.2) is 34.1 Å². The molecular formula is C27H25N3O2. The highest BCUT2D eigenvalue weighted by molar-refractivity contribution is 5.94. The van der Waals surface area contributed by atoms with E-state index in [1.54, 1.807) is 23.1 Å². The van der Waals surface area contributed by atoms with Crippen LogP contribution >= 0.6 is 0 Å². The lowest BCUT2D eigenvalue weighted by atomic mass is 10.1. The van der Waals surface area contributed by atoms with Crippen LogP contribution in [0.4, 0.5) is 0 Å². The molecule has 5 nitrogen and oxygen atoms in total. The minimum absolute atomic E-state index is 0.0293. The van der Waals surface area contributed by atoms with Crippen LogP contribution in [0.5, 0.6) is 0 Å². The molecule has 5 heteroatoms. The molecule has 4 rings (SSSR count). The molecule has 0 spiro atoms. The number of rotatable bonds is 8. The van der Waals surface area contributed by atoms with Gasteiger partial charge in [0.15, 0.2) is 0 Å². The molecular weight excluding hydrogens is 398 g/mol. The number of hydrogen-bond donors (Lipinski definition) is 0.